The Morgan fingerprint density at radius 2 is 1.80 bits per heavy atom. The van der Waals surface area contributed by atoms with Crippen molar-refractivity contribution in [2.24, 2.45) is 5.92 Å². The highest BCUT2D eigenvalue weighted by atomic mass is 35.5. The zero-order valence-electron chi connectivity index (χ0n) is 18.0. The molecule has 0 bridgehead atoms. The van der Waals surface area contributed by atoms with E-state index in [1.54, 1.807) is 26.5 Å². The monoisotopic (exact) mass is 429 g/mol. The third-order valence-electron chi connectivity index (χ3n) is 5.41. The molecule has 2 aromatic heterocycles. The number of fused-ring (bicyclic) bond motifs is 1. The average molecular weight is 430 g/mol. The molecule has 6 nitrogen and oxygen atoms in total. The molecule has 2 heterocycles. The first-order valence-electron chi connectivity index (χ1n) is 9.97. The Balaban J connectivity index is 2.07. The number of carbonyl (C=O) groups is 1. The van der Waals surface area contributed by atoms with Crippen LogP contribution in [0.25, 0.3) is 5.65 Å². The molecule has 7 heteroatoms. The summed E-state index contributed by atoms with van der Waals surface area (Å²) in [5.41, 5.74) is 2.54. The van der Waals surface area contributed by atoms with Crippen LogP contribution in [0.3, 0.4) is 0 Å². The highest BCUT2D eigenvalue weighted by molar-refractivity contribution is 6.30. The molecule has 0 radical (unpaired) electrons. The third kappa shape index (κ3) is 4.87. The Morgan fingerprint density at radius 1 is 1.13 bits per heavy atom. The maximum Gasteiger partial charge on any atom is 0.221 e. The summed E-state index contributed by atoms with van der Waals surface area (Å²) in [6.07, 6.45) is 3.87. The molecule has 0 fully saturated rings. The largest absolute Gasteiger partial charge is 0.497 e. The summed E-state index contributed by atoms with van der Waals surface area (Å²) in [5, 5.41) is 3.70. The van der Waals surface area contributed by atoms with Crippen molar-refractivity contribution >= 4 is 23.2 Å². The average Bonchev–Trinajstić information content (AvgIpc) is 3.14. The predicted octanol–water partition coefficient (Wildman–Crippen LogP) is 4.69. The van der Waals surface area contributed by atoms with E-state index in [1.165, 1.54) is 0 Å². The number of imidazole rings is 1. The van der Waals surface area contributed by atoms with Crippen molar-refractivity contribution < 1.29 is 14.3 Å². The molecule has 1 amide bonds. The van der Waals surface area contributed by atoms with E-state index in [-0.39, 0.29) is 24.3 Å². The van der Waals surface area contributed by atoms with Crippen molar-refractivity contribution in [2.45, 2.75) is 39.2 Å². The van der Waals surface area contributed by atoms with E-state index in [0.29, 0.717) is 22.4 Å². The highest BCUT2D eigenvalue weighted by Crippen LogP contribution is 2.34. The van der Waals surface area contributed by atoms with Crippen molar-refractivity contribution in [3.05, 3.63) is 59.0 Å². The minimum atomic E-state index is -0.262. The van der Waals surface area contributed by atoms with Crippen molar-refractivity contribution in [3.63, 3.8) is 0 Å². The fraction of sp³-hybridized carbons (Fsp3) is 0.391. The number of amides is 1. The molecule has 3 aromatic rings. The quantitative estimate of drug-likeness (QED) is 0.564. The van der Waals surface area contributed by atoms with Crippen LogP contribution in [-0.4, -0.2) is 35.6 Å². The second kappa shape index (κ2) is 9.39. The maximum atomic E-state index is 12.9. The van der Waals surface area contributed by atoms with Crippen LogP contribution >= 0.6 is 11.6 Å². The van der Waals surface area contributed by atoms with Gasteiger partial charge in [-0.1, -0.05) is 25.4 Å². The lowest BCUT2D eigenvalue weighted by molar-refractivity contribution is -0.122. The van der Waals surface area contributed by atoms with Gasteiger partial charge in [0.2, 0.25) is 5.91 Å². The van der Waals surface area contributed by atoms with Crippen molar-refractivity contribution in [1.82, 2.24) is 14.7 Å². The fourth-order valence-electron chi connectivity index (χ4n) is 3.32. The third-order valence-corrected chi connectivity index (χ3v) is 5.63. The van der Waals surface area contributed by atoms with Gasteiger partial charge in [-0.2, -0.15) is 0 Å². The smallest absolute Gasteiger partial charge is 0.221 e. The molecule has 1 aromatic carbocycles. The molecule has 0 aliphatic heterocycles. The Morgan fingerprint density at radius 3 is 2.40 bits per heavy atom. The molecule has 160 valence electrons. The van der Waals surface area contributed by atoms with Crippen LogP contribution < -0.4 is 14.8 Å². The number of nitrogens with one attached hydrogen (secondary N) is 1. The van der Waals surface area contributed by atoms with Crippen LogP contribution in [-0.2, 0) is 4.79 Å². The van der Waals surface area contributed by atoms with Gasteiger partial charge in [-0.05, 0) is 42.7 Å². The molecular weight excluding hydrogens is 402 g/mol. The van der Waals surface area contributed by atoms with Crippen LogP contribution in [0, 0.1) is 5.92 Å². The zero-order chi connectivity index (χ0) is 21.8. The van der Waals surface area contributed by atoms with Crippen LogP contribution in [0.4, 0.5) is 0 Å². The van der Waals surface area contributed by atoms with E-state index in [2.05, 4.69) is 24.1 Å². The number of methoxy groups -OCH3 is 2. The van der Waals surface area contributed by atoms with Gasteiger partial charge in [0.25, 0.3) is 0 Å². The highest BCUT2D eigenvalue weighted by Gasteiger charge is 2.24. The van der Waals surface area contributed by atoms with Gasteiger partial charge >= 0.3 is 0 Å². The van der Waals surface area contributed by atoms with Crippen molar-refractivity contribution in [1.29, 1.82) is 0 Å². The molecule has 0 saturated carbocycles. The molecular formula is C23H28ClN3O3. The summed E-state index contributed by atoms with van der Waals surface area (Å²) in [7, 11) is 3.22. The molecule has 2 unspecified atom stereocenters. The Labute approximate surface area is 182 Å². The lowest BCUT2D eigenvalue weighted by Gasteiger charge is -2.22. The van der Waals surface area contributed by atoms with Crippen LogP contribution in [0.5, 0.6) is 11.5 Å². The first-order valence-corrected chi connectivity index (χ1v) is 10.3. The molecule has 2 atom stereocenters. The van der Waals surface area contributed by atoms with Gasteiger partial charge in [0, 0.05) is 36.8 Å². The van der Waals surface area contributed by atoms with Gasteiger partial charge < -0.3 is 19.2 Å². The minimum absolute atomic E-state index is 0.0278. The Bertz CT molecular complexity index is 1010. The summed E-state index contributed by atoms with van der Waals surface area (Å²) in [6, 6.07) is 9.40. The number of carbonyl (C=O) groups excluding carboxylic acids is 1. The number of rotatable bonds is 8. The van der Waals surface area contributed by atoms with E-state index in [9.17, 15) is 4.79 Å². The summed E-state index contributed by atoms with van der Waals surface area (Å²) in [5.74, 6) is 1.38. The lowest BCUT2D eigenvalue weighted by Crippen LogP contribution is -2.36. The van der Waals surface area contributed by atoms with Crippen molar-refractivity contribution in [2.75, 3.05) is 14.2 Å². The number of pyridine rings is 1. The van der Waals surface area contributed by atoms with Crippen LogP contribution in [0.1, 0.15) is 44.4 Å². The van der Waals surface area contributed by atoms with E-state index in [0.717, 1.165) is 16.9 Å². The van der Waals surface area contributed by atoms with Gasteiger partial charge in [-0.15, -0.1) is 0 Å². The van der Waals surface area contributed by atoms with Gasteiger partial charge in [-0.25, -0.2) is 4.98 Å². The van der Waals surface area contributed by atoms with Gasteiger partial charge in [0.1, 0.15) is 17.1 Å². The van der Waals surface area contributed by atoms with Gasteiger partial charge in [0.15, 0.2) is 0 Å². The number of hydrogen-bond acceptors (Lipinski definition) is 4. The predicted molar refractivity (Wildman–Crippen MR) is 119 cm³/mol. The summed E-state index contributed by atoms with van der Waals surface area (Å²) >= 11 is 6.24. The van der Waals surface area contributed by atoms with E-state index in [4.69, 9.17) is 21.1 Å². The number of nitrogens with zero attached hydrogens (tertiary/aromatic N) is 2. The molecule has 30 heavy (non-hydrogen) atoms. The summed E-state index contributed by atoms with van der Waals surface area (Å²) < 4.78 is 12.8. The summed E-state index contributed by atoms with van der Waals surface area (Å²) in [4.78, 5) is 17.4. The normalized spacial score (nSPS) is 13.3. The van der Waals surface area contributed by atoms with Crippen molar-refractivity contribution in [3.8, 4) is 11.5 Å². The van der Waals surface area contributed by atoms with Gasteiger partial charge in [0.05, 0.1) is 24.9 Å². The number of halogens is 1. The molecule has 0 aliphatic carbocycles. The number of benzene rings is 1. The summed E-state index contributed by atoms with van der Waals surface area (Å²) in [6.45, 7) is 6.18. The second-order valence-electron chi connectivity index (χ2n) is 7.76. The first-order chi connectivity index (χ1) is 14.3. The zero-order valence-corrected chi connectivity index (χ0v) is 18.7. The van der Waals surface area contributed by atoms with Gasteiger partial charge in [-0.3, -0.25) is 4.79 Å². The van der Waals surface area contributed by atoms with E-state index < -0.39 is 0 Å². The molecule has 3 rings (SSSR count). The Hall–Kier alpha value is -2.73. The SMILES string of the molecule is COc1cc(OC)cc(C(CC(=O)NC(C)C(C)C)c2cnc3ccc(Cl)cn23)c1. The van der Waals surface area contributed by atoms with E-state index in [1.807, 2.05) is 41.8 Å². The number of aromatic nitrogens is 2. The second-order valence-corrected chi connectivity index (χ2v) is 8.20. The Kier molecular flexibility index (Phi) is 6.87. The molecule has 0 saturated heterocycles. The number of ether oxygens (including phenoxy) is 2. The molecule has 0 spiro atoms. The van der Waals surface area contributed by atoms with Crippen LogP contribution in [0.2, 0.25) is 5.02 Å². The van der Waals surface area contributed by atoms with Crippen LogP contribution in [0.15, 0.2) is 42.7 Å². The molecule has 1 N–H and O–H groups in total. The standard InChI is InChI=1S/C23H28ClN3O3/c1-14(2)15(3)26-23(28)11-20(16-8-18(29-4)10-19(9-16)30-5)21-12-25-22-7-6-17(24)13-27(21)22/h6-10,12-15,20H,11H2,1-5H3,(H,26,28). The minimum Gasteiger partial charge on any atom is -0.497 e. The maximum absolute atomic E-state index is 12.9. The first kappa shape index (κ1) is 22.0. The topological polar surface area (TPSA) is 64.9 Å². The molecule has 0 aliphatic rings. The number of hydrogen-bond donors (Lipinski definition) is 1. The fourth-order valence-corrected chi connectivity index (χ4v) is 3.48. The lowest BCUT2D eigenvalue weighted by atomic mass is 9.91. The van der Waals surface area contributed by atoms with E-state index >= 15 is 0 Å².